The molecule has 0 aliphatic carbocycles. The number of amides is 1. The fourth-order valence-corrected chi connectivity index (χ4v) is 2.48. The maximum Gasteiger partial charge on any atom is 0.311 e. The van der Waals surface area contributed by atoms with Crippen LogP contribution in [0.3, 0.4) is 0 Å². The van der Waals surface area contributed by atoms with E-state index >= 15 is 0 Å². The Morgan fingerprint density at radius 1 is 1.19 bits per heavy atom. The molecule has 0 saturated heterocycles. The van der Waals surface area contributed by atoms with Gasteiger partial charge in [0.1, 0.15) is 11.5 Å². The second-order valence-corrected chi connectivity index (χ2v) is 5.91. The van der Waals surface area contributed by atoms with Gasteiger partial charge in [-0.15, -0.1) is 0 Å². The monoisotopic (exact) mass is 360 g/mol. The van der Waals surface area contributed by atoms with Gasteiger partial charge in [0.25, 0.3) is 5.69 Å². The molecule has 1 amide bonds. The van der Waals surface area contributed by atoms with Crippen LogP contribution < -0.4 is 5.32 Å². The first-order chi connectivity index (χ1) is 12.2. The van der Waals surface area contributed by atoms with Crippen molar-refractivity contribution >= 4 is 23.3 Å². The van der Waals surface area contributed by atoms with Crippen LogP contribution in [0.5, 0.6) is 0 Å². The molecule has 1 atom stereocenters. The molecule has 0 saturated carbocycles. The SMILES string of the molecule is Cc1cc(NC(=O)CC(C(=O)O)c2ccc(F)cc2)c([N+](=O)[O-])cc1C. The lowest BCUT2D eigenvalue weighted by atomic mass is 9.95. The van der Waals surface area contributed by atoms with Crippen molar-refractivity contribution < 1.29 is 24.0 Å². The van der Waals surface area contributed by atoms with E-state index in [9.17, 15) is 29.2 Å². The number of nitro benzene ring substituents is 1. The Morgan fingerprint density at radius 2 is 1.77 bits per heavy atom. The number of rotatable bonds is 6. The van der Waals surface area contributed by atoms with Crippen molar-refractivity contribution in [2.75, 3.05) is 5.32 Å². The molecule has 0 aromatic heterocycles. The number of benzene rings is 2. The Hall–Kier alpha value is -3.29. The summed E-state index contributed by atoms with van der Waals surface area (Å²) < 4.78 is 13.0. The van der Waals surface area contributed by atoms with Crippen molar-refractivity contribution in [3.63, 3.8) is 0 Å². The first-order valence-electron chi connectivity index (χ1n) is 7.72. The van der Waals surface area contributed by atoms with Crippen LogP contribution in [-0.4, -0.2) is 21.9 Å². The number of aliphatic carboxylic acids is 1. The van der Waals surface area contributed by atoms with Crippen LogP contribution in [0.2, 0.25) is 0 Å². The molecular formula is C18H17FN2O5. The topological polar surface area (TPSA) is 110 Å². The number of hydrogen-bond acceptors (Lipinski definition) is 4. The summed E-state index contributed by atoms with van der Waals surface area (Å²) >= 11 is 0. The summed E-state index contributed by atoms with van der Waals surface area (Å²) in [6.07, 6.45) is -0.439. The Bertz CT molecular complexity index is 865. The molecule has 0 radical (unpaired) electrons. The Labute approximate surface area is 148 Å². The van der Waals surface area contributed by atoms with Crippen molar-refractivity contribution in [3.05, 3.63) is 69.0 Å². The van der Waals surface area contributed by atoms with E-state index in [-0.39, 0.29) is 16.9 Å². The largest absolute Gasteiger partial charge is 0.481 e. The van der Waals surface area contributed by atoms with Crippen LogP contribution in [0.4, 0.5) is 15.8 Å². The summed E-state index contributed by atoms with van der Waals surface area (Å²) in [4.78, 5) is 34.3. The van der Waals surface area contributed by atoms with E-state index in [1.54, 1.807) is 13.8 Å². The third kappa shape index (κ3) is 4.41. The molecule has 2 aromatic carbocycles. The summed E-state index contributed by atoms with van der Waals surface area (Å²) in [5, 5.41) is 22.9. The summed E-state index contributed by atoms with van der Waals surface area (Å²) in [6, 6.07) is 7.62. The Kier molecular flexibility index (Phi) is 5.66. The molecule has 0 fully saturated rings. The van der Waals surface area contributed by atoms with Crippen molar-refractivity contribution in [2.24, 2.45) is 0 Å². The predicted octanol–water partition coefficient (Wildman–Crippen LogP) is 3.55. The number of carboxylic acids is 1. The molecule has 0 heterocycles. The van der Waals surface area contributed by atoms with Crippen molar-refractivity contribution in [1.29, 1.82) is 0 Å². The fraction of sp³-hybridized carbons (Fsp3) is 0.222. The number of carbonyl (C=O) groups excluding carboxylic acids is 1. The van der Waals surface area contributed by atoms with Gasteiger partial charge in [-0.3, -0.25) is 19.7 Å². The minimum Gasteiger partial charge on any atom is -0.481 e. The van der Waals surface area contributed by atoms with E-state index in [4.69, 9.17) is 0 Å². The Morgan fingerprint density at radius 3 is 2.31 bits per heavy atom. The summed E-state index contributed by atoms with van der Waals surface area (Å²) in [7, 11) is 0. The van der Waals surface area contributed by atoms with Gasteiger partial charge in [-0.1, -0.05) is 12.1 Å². The Balaban J connectivity index is 2.24. The smallest absolute Gasteiger partial charge is 0.311 e. The maximum absolute atomic E-state index is 13.0. The van der Waals surface area contributed by atoms with E-state index in [0.717, 1.165) is 17.7 Å². The highest BCUT2D eigenvalue weighted by atomic mass is 19.1. The number of nitrogens with one attached hydrogen (secondary N) is 1. The summed E-state index contributed by atoms with van der Waals surface area (Å²) in [6.45, 7) is 3.45. The number of carbonyl (C=O) groups is 2. The summed E-state index contributed by atoms with van der Waals surface area (Å²) in [5.41, 5.74) is 1.45. The maximum atomic E-state index is 13.0. The number of aryl methyl sites for hydroxylation is 2. The third-order valence-corrected chi connectivity index (χ3v) is 4.04. The molecule has 0 aliphatic rings. The van der Waals surface area contributed by atoms with Gasteiger partial charge in [-0.25, -0.2) is 4.39 Å². The number of carboxylic acid groups (broad SMARTS) is 1. The van der Waals surface area contributed by atoms with Crippen molar-refractivity contribution in [1.82, 2.24) is 0 Å². The van der Waals surface area contributed by atoms with Crippen LogP contribution in [0.1, 0.15) is 29.0 Å². The lowest BCUT2D eigenvalue weighted by Gasteiger charge is -2.14. The van der Waals surface area contributed by atoms with Gasteiger partial charge in [0.05, 0.1) is 10.8 Å². The molecule has 0 bridgehead atoms. The van der Waals surface area contributed by atoms with Crippen molar-refractivity contribution in [2.45, 2.75) is 26.2 Å². The fourth-order valence-electron chi connectivity index (χ4n) is 2.48. The molecule has 7 nitrogen and oxygen atoms in total. The highest BCUT2D eigenvalue weighted by molar-refractivity contribution is 5.96. The number of hydrogen-bond donors (Lipinski definition) is 2. The average Bonchev–Trinajstić information content (AvgIpc) is 2.56. The van der Waals surface area contributed by atoms with Gasteiger partial charge in [0, 0.05) is 12.5 Å². The third-order valence-electron chi connectivity index (χ3n) is 4.04. The number of nitrogens with zero attached hydrogens (tertiary/aromatic N) is 1. The zero-order valence-corrected chi connectivity index (χ0v) is 14.2. The molecular weight excluding hydrogens is 343 g/mol. The second kappa shape index (κ2) is 7.73. The normalized spacial score (nSPS) is 11.7. The molecule has 8 heteroatoms. The van der Waals surface area contributed by atoms with E-state index in [0.29, 0.717) is 5.56 Å². The highest BCUT2D eigenvalue weighted by Crippen LogP contribution is 2.29. The minimum absolute atomic E-state index is 0.00587. The quantitative estimate of drug-likeness (QED) is 0.605. The second-order valence-electron chi connectivity index (χ2n) is 5.91. The van der Waals surface area contributed by atoms with E-state index < -0.39 is 35.0 Å². The van der Waals surface area contributed by atoms with E-state index in [1.165, 1.54) is 24.3 Å². The molecule has 0 spiro atoms. The summed E-state index contributed by atoms with van der Waals surface area (Å²) in [5.74, 6) is -3.65. The van der Waals surface area contributed by atoms with Crippen molar-refractivity contribution in [3.8, 4) is 0 Å². The average molecular weight is 360 g/mol. The van der Waals surface area contributed by atoms with E-state index in [2.05, 4.69) is 5.32 Å². The molecule has 0 aliphatic heterocycles. The van der Waals surface area contributed by atoms with Gasteiger partial charge in [0.2, 0.25) is 5.91 Å². The van der Waals surface area contributed by atoms with E-state index in [1.807, 2.05) is 0 Å². The van der Waals surface area contributed by atoms with Crippen LogP contribution in [-0.2, 0) is 9.59 Å². The molecule has 1 unspecified atom stereocenters. The standard InChI is InChI=1S/C18H17FN2O5/c1-10-7-15(16(21(25)26)8-11(10)2)20-17(22)9-14(18(23)24)12-3-5-13(19)6-4-12/h3-8,14H,9H2,1-2H3,(H,20,22)(H,23,24). The number of nitro groups is 1. The zero-order valence-electron chi connectivity index (χ0n) is 14.2. The van der Waals surface area contributed by atoms with Gasteiger partial charge < -0.3 is 10.4 Å². The zero-order chi connectivity index (χ0) is 19.4. The van der Waals surface area contributed by atoms with Gasteiger partial charge in [-0.2, -0.15) is 0 Å². The molecule has 136 valence electrons. The first-order valence-corrected chi connectivity index (χ1v) is 7.72. The predicted molar refractivity (Wildman–Crippen MR) is 92.6 cm³/mol. The molecule has 2 rings (SSSR count). The van der Waals surface area contributed by atoms with Crippen LogP contribution in [0.15, 0.2) is 36.4 Å². The van der Waals surface area contributed by atoms with Gasteiger partial charge in [-0.05, 0) is 48.7 Å². The molecule has 26 heavy (non-hydrogen) atoms. The molecule has 2 N–H and O–H groups in total. The lowest BCUT2D eigenvalue weighted by Crippen LogP contribution is -2.21. The minimum atomic E-state index is -1.25. The molecule has 2 aromatic rings. The van der Waals surface area contributed by atoms with Crippen LogP contribution in [0.25, 0.3) is 0 Å². The lowest BCUT2D eigenvalue weighted by molar-refractivity contribution is -0.384. The number of anilines is 1. The van der Waals surface area contributed by atoms with Gasteiger partial charge in [0.15, 0.2) is 0 Å². The first kappa shape index (κ1) is 19.0. The number of halogens is 1. The van der Waals surface area contributed by atoms with Crippen LogP contribution in [0, 0.1) is 29.8 Å². The highest BCUT2D eigenvalue weighted by Gasteiger charge is 2.25. The van der Waals surface area contributed by atoms with Crippen LogP contribution >= 0.6 is 0 Å². The van der Waals surface area contributed by atoms with Gasteiger partial charge >= 0.3 is 5.97 Å².